The van der Waals surface area contributed by atoms with Crippen molar-refractivity contribution in [2.75, 3.05) is 37.9 Å². The summed E-state index contributed by atoms with van der Waals surface area (Å²) in [7, 11) is -8.54. The Labute approximate surface area is 419 Å². The van der Waals surface area contributed by atoms with E-state index >= 15 is 0 Å². The zero-order valence-corrected chi connectivity index (χ0v) is 42.9. The predicted octanol–water partition coefficient (Wildman–Crippen LogP) is 10.1. The van der Waals surface area contributed by atoms with Gasteiger partial charge >= 0.3 is 61.6 Å². The van der Waals surface area contributed by atoms with Crippen molar-refractivity contribution in [1.82, 2.24) is 0 Å². The van der Waals surface area contributed by atoms with Crippen molar-refractivity contribution in [1.29, 1.82) is 0 Å². The van der Waals surface area contributed by atoms with E-state index in [1.54, 1.807) is 24.3 Å². The van der Waals surface area contributed by atoms with Crippen LogP contribution in [0.3, 0.4) is 0 Å². The van der Waals surface area contributed by atoms with Gasteiger partial charge in [-0.1, -0.05) is 154 Å². The van der Waals surface area contributed by atoms with E-state index in [1.807, 2.05) is 0 Å². The summed E-state index contributed by atoms with van der Waals surface area (Å²) in [6.45, 7) is 4.99. The van der Waals surface area contributed by atoms with Crippen molar-refractivity contribution < 1.29 is 64.1 Å². The molecule has 2 rings (SSSR count). The molecule has 0 saturated heterocycles. The van der Waals surface area contributed by atoms with Gasteiger partial charge in [-0.2, -0.15) is 0 Å². The fourth-order valence-electron chi connectivity index (χ4n) is 6.59. The molecular weight excluding hydrogens is 905 g/mol. The number of carbonyl (C=O) groups is 4. The fourth-order valence-corrected chi connectivity index (χ4v) is 7.70. The monoisotopic (exact) mass is 978 g/mol. The van der Waals surface area contributed by atoms with Crippen LogP contribution in [-0.4, -0.2) is 125 Å². The predicted molar refractivity (Wildman–Crippen MR) is 251 cm³/mol. The molecule has 14 nitrogen and oxygen atoms in total. The number of hydrogen-bond acceptors (Lipinski definition) is 14. The Kier molecular flexibility index (Phi) is 37.8. The molecular formula is C48H74CaO14S2. The quantitative estimate of drug-likeness (QED) is 0.0204. The molecule has 0 aliphatic rings. The van der Waals surface area contributed by atoms with Gasteiger partial charge in [0.15, 0.2) is 0 Å². The van der Waals surface area contributed by atoms with Gasteiger partial charge in [-0.25, -0.2) is 36.0 Å². The van der Waals surface area contributed by atoms with Gasteiger partial charge in [0, 0.05) is 11.5 Å². The molecule has 17 heteroatoms. The third-order valence-corrected chi connectivity index (χ3v) is 11.8. The van der Waals surface area contributed by atoms with Crippen LogP contribution in [0, 0.1) is 0 Å². The maximum absolute atomic E-state index is 12.4. The van der Waals surface area contributed by atoms with Crippen LogP contribution in [0.15, 0.2) is 48.5 Å². The molecule has 0 aromatic heterocycles. The van der Waals surface area contributed by atoms with Crippen molar-refractivity contribution in [2.45, 2.75) is 168 Å². The van der Waals surface area contributed by atoms with E-state index in [0.29, 0.717) is 13.2 Å². The summed E-state index contributed by atoms with van der Waals surface area (Å²) in [4.78, 5) is 49.3. The van der Waals surface area contributed by atoms with Crippen LogP contribution in [0.25, 0.3) is 0 Å². The van der Waals surface area contributed by atoms with Crippen LogP contribution in [0.5, 0.6) is 0 Å². The summed E-state index contributed by atoms with van der Waals surface area (Å²) in [6.07, 6.45) is 24.5. The first-order valence-corrected chi connectivity index (χ1v) is 26.6. The summed E-state index contributed by atoms with van der Waals surface area (Å²) in [5.41, 5.74) is 0.507. The Morgan fingerprint density at radius 1 is 0.369 bits per heavy atom. The third-order valence-electron chi connectivity index (χ3n) is 10.2. The summed E-state index contributed by atoms with van der Waals surface area (Å²) in [5.74, 6) is -3.47. The normalized spacial score (nSPS) is 11.1. The molecule has 0 amide bonds. The maximum atomic E-state index is 12.4. The van der Waals surface area contributed by atoms with Crippen LogP contribution in [0.1, 0.15) is 209 Å². The smallest absolute Gasteiger partial charge is 0.748 e. The number of carbonyl (C=O) groups excluding carboxylic acids is 4. The van der Waals surface area contributed by atoms with E-state index in [-0.39, 0.29) is 98.9 Å². The summed E-state index contributed by atoms with van der Waals surface area (Å²) < 4.78 is 84.3. The van der Waals surface area contributed by atoms with Crippen molar-refractivity contribution in [2.24, 2.45) is 0 Å². The fraction of sp³-hybridized carbons (Fsp3) is 0.667. The molecule has 0 aliphatic heterocycles. The van der Waals surface area contributed by atoms with Crippen molar-refractivity contribution in [3.05, 3.63) is 70.8 Å². The molecule has 0 spiro atoms. The molecule has 0 aliphatic carbocycles. The van der Waals surface area contributed by atoms with Crippen molar-refractivity contribution >= 4 is 81.9 Å². The minimum Gasteiger partial charge on any atom is -0.748 e. The molecule has 0 atom stereocenters. The zero-order valence-electron chi connectivity index (χ0n) is 39.1. The number of rotatable bonds is 36. The second kappa shape index (κ2) is 39.4. The van der Waals surface area contributed by atoms with Crippen LogP contribution in [0.2, 0.25) is 0 Å². The van der Waals surface area contributed by atoms with E-state index < -0.39 is 55.6 Å². The molecule has 0 heterocycles. The van der Waals surface area contributed by atoms with Crippen LogP contribution in [0.4, 0.5) is 0 Å². The second-order valence-corrected chi connectivity index (χ2v) is 19.0. The molecule has 364 valence electrons. The summed E-state index contributed by atoms with van der Waals surface area (Å²) in [6, 6.07) is 12.5. The largest absolute Gasteiger partial charge is 2.00 e. The number of hydrogen-bond donors (Lipinski definition) is 0. The van der Waals surface area contributed by atoms with Gasteiger partial charge in [0.2, 0.25) is 0 Å². The molecule has 0 fully saturated rings. The van der Waals surface area contributed by atoms with E-state index in [9.17, 15) is 45.1 Å². The molecule has 0 saturated carbocycles. The Morgan fingerprint density at radius 2 is 0.569 bits per heavy atom. The number of esters is 4. The molecule has 2 aromatic rings. The average molecular weight is 979 g/mol. The number of unbranched alkanes of at least 4 members (excludes halogenated alkanes) is 20. The van der Waals surface area contributed by atoms with Gasteiger partial charge in [-0.05, 0) is 62.8 Å². The third kappa shape index (κ3) is 34.4. The van der Waals surface area contributed by atoms with Gasteiger partial charge in [0.25, 0.3) is 0 Å². The molecule has 0 unspecified atom stereocenters. The van der Waals surface area contributed by atoms with E-state index in [2.05, 4.69) is 13.8 Å². The summed E-state index contributed by atoms with van der Waals surface area (Å²) >= 11 is 0. The second-order valence-electron chi connectivity index (χ2n) is 15.9. The van der Waals surface area contributed by atoms with E-state index in [4.69, 9.17) is 18.9 Å². The SMILES string of the molecule is CCCCCCCCCCCCOC(=O)c1ccccc1C(=O)OCCCCS(=O)(=O)[O-].CCCCCCCCCCCCOC(=O)c1ccccc1C(=O)OCCCCS(=O)(=O)[O-].[Ca+2]. The zero-order chi connectivity index (χ0) is 47.3. The molecule has 0 bridgehead atoms. The molecule has 0 N–H and O–H groups in total. The Hall–Kier alpha value is -2.60. The van der Waals surface area contributed by atoms with Gasteiger partial charge in [0.05, 0.1) is 68.9 Å². The summed E-state index contributed by atoms with van der Waals surface area (Å²) in [5, 5.41) is 0. The van der Waals surface area contributed by atoms with E-state index in [0.717, 1.165) is 38.5 Å². The van der Waals surface area contributed by atoms with Gasteiger partial charge in [-0.3, -0.25) is 0 Å². The van der Waals surface area contributed by atoms with Crippen LogP contribution in [-0.2, 0) is 39.2 Å². The average Bonchev–Trinajstić information content (AvgIpc) is 3.26. The molecule has 2 aromatic carbocycles. The van der Waals surface area contributed by atoms with Crippen molar-refractivity contribution in [3.63, 3.8) is 0 Å². The minimum atomic E-state index is -4.27. The van der Waals surface area contributed by atoms with Crippen molar-refractivity contribution in [3.8, 4) is 0 Å². The first-order valence-electron chi connectivity index (χ1n) is 23.4. The standard InChI is InChI=1S/2C24H38O7S.Ca/c2*1-2-3-4-5-6-7-8-9-10-13-18-30-23(25)21-16-11-12-17-22(21)24(26)31-19-14-15-20-32(27,28)29;/h2*11-12,16-17H,2-10,13-15,18-20H2,1H3,(H,27,28,29);/q;;+2/p-2. The van der Waals surface area contributed by atoms with Gasteiger partial charge in [-0.15, -0.1) is 0 Å². The number of ether oxygens (including phenoxy) is 4. The van der Waals surface area contributed by atoms with Gasteiger partial charge < -0.3 is 28.1 Å². The Balaban J connectivity index is 0.00000124. The topological polar surface area (TPSA) is 220 Å². The maximum Gasteiger partial charge on any atom is 2.00 e. The molecule has 0 radical (unpaired) electrons. The van der Waals surface area contributed by atoms with Crippen LogP contribution < -0.4 is 0 Å². The van der Waals surface area contributed by atoms with Gasteiger partial charge in [0.1, 0.15) is 0 Å². The minimum absolute atomic E-state index is 0. The molecule has 65 heavy (non-hydrogen) atoms. The van der Waals surface area contributed by atoms with E-state index in [1.165, 1.54) is 114 Å². The number of benzene rings is 2. The first kappa shape index (κ1) is 62.4. The van der Waals surface area contributed by atoms with Crippen LogP contribution >= 0.6 is 0 Å². The Bertz CT molecular complexity index is 1690. The Morgan fingerprint density at radius 3 is 0.785 bits per heavy atom. The first-order chi connectivity index (χ1) is 30.7.